The summed E-state index contributed by atoms with van der Waals surface area (Å²) in [5.74, 6) is 0.977. The van der Waals surface area contributed by atoms with Crippen molar-refractivity contribution in [3.05, 3.63) is 83.1 Å². The number of amides is 6. The van der Waals surface area contributed by atoms with Gasteiger partial charge in [0, 0.05) is 96.5 Å². The average molecular weight is 3050 g/mol. The number of Topliss-reactive ketones (excluding diaryl/α,β-unsaturated/α-hetero) is 1. The fraction of sp³-hybridized carbons (Fsp3) is 0.842. The molecule has 0 aromatic carbocycles. The molecule has 0 saturated heterocycles. The molecule has 6 N–H and O–H groups in total. The van der Waals surface area contributed by atoms with E-state index in [0.717, 1.165) is 104 Å². The Labute approximate surface area is 983 Å². The Kier molecular flexibility index (Phi) is 194. The van der Waals surface area contributed by atoms with Crippen LogP contribution in [0, 0.1) is 148 Å². The van der Waals surface area contributed by atoms with E-state index in [1.165, 1.54) is 70.6 Å². The van der Waals surface area contributed by atoms with Gasteiger partial charge in [0.1, 0.15) is 5.78 Å². The molecule has 0 fully saturated rings. The maximum Gasteiger partial charge on any atom is 2.00 e. The third-order valence-corrected chi connectivity index (χ3v) is 15.5. The minimum absolute atomic E-state index is 0. The van der Waals surface area contributed by atoms with Crippen LogP contribution < -0.4 is 31.9 Å². The van der Waals surface area contributed by atoms with Crippen molar-refractivity contribution >= 4 is 41.2 Å². The number of nitrogens with one attached hydrogen (secondary N) is 6. The topological polar surface area (TPSA) is 219 Å². The zero-order valence-corrected chi connectivity index (χ0v) is 122. The number of rotatable bonds is 36. The molecule has 0 aromatic rings. The summed E-state index contributed by atoms with van der Waals surface area (Å²) in [5, 5.41) is 16.8. The quantitative estimate of drug-likeness (QED) is 0.0257. The molecule has 6 amide bonds. The summed E-state index contributed by atoms with van der Waals surface area (Å²) in [6.45, 7) is 151. The van der Waals surface area contributed by atoms with Crippen LogP contribution in [0.1, 0.15) is 519 Å². The second-order valence-electron chi connectivity index (χ2n) is 47.6. The summed E-state index contributed by atoms with van der Waals surface area (Å²) in [6, 6.07) is 0. The van der Waals surface area contributed by atoms with Gasteiger partial charge in [-0.1, -0.05) is 380 Å². The number of hydrogen-bond donors (Lipinski definition) is 6. The standard InChI is InChI=1S/C12H25NO.C11H23NO2.C11H23NO.C10H21NO2.C10H22.C9H20O.2C8H16NO.C7H13O.C7H15.2C6H13.3C3H7.3C2H5.6W/c1-5-6-7-8-9-13-11(14)10-12(2,3)4;1-5-7-14-8-6-12-10(13)9-11(2,3)4;1-5-6-7-8-12-10(13)9-11(2,3)4;1-5-13-7-6-11-9(12)8-10(2,3)4;1-5-6-7-8-9-10(2,3)4;1-5-7-10-8-6-9(2,3)4;2*1-5-9-7(10)6-8(2,3)4;1-5-6(8)7(2,3)4;1-5-6-7(2,3)4;2*1-5-6(2,3)4;3*1-3-2;3*1-2;;;;;;/h5-10H2,1-4H3,(H,13,14);5-9H2,1-4H3,(H,12,13);5-9H2,1-4H3,(H,12,13);5-8H2,1-4H3,(H,11,12);5-9H2,1-4H3;5-8H2,1-4H3;2*1,5-6H2,2-4H3,(H,9,10);1,5H2,2-4H3;1,5-6H2,2-4H3;2*1,5H2,2-4H3;3*1,3H2,2H3;3*1H2,2H3;;;;;;/q;;;;;;12*-1;6*+2. The zero-order valence-electron chi connectivity index (χ0n) is 105. The van der Waals surface area contributed by atoms with Gasteiger partial charge in [-0.15, -0.1) is 19.5 Å². The molecule has 0 saturated carbocycles. The van der Waals surface area contributed by atoms with Crippen molar-refractivity contribution in [2.75, 3.05) is 78.9 Å². The van der Waals surface area contributed by atoms with E-state index in [9.17, 15) is 33.6 Å². The number of ether oxygens (including phenoxy) is 3. The molecule has 0 heterocycles. The SMILES string of the molecule is CCCCCCC(C)(C)C.CCCCCCNC(=O)CC(C)(C)C.CCCCCNC(=O)CC(C)(C)C.CCCOCCC(C)(C)C.CCCOCCNC(=O)CC(C)(C)C.CCOCCNC(=O)CC(C)(C)C.[CH2-]C.[CH2-]C.[CH2-]C.[CH2-]CC.[CH2-]CC.[CH2-]CC.[CH2-]CC(=O)C(C)(C)C.[CH2-]CC(C)(C)C.[CH2-]CC(C)(C)C.[CH2-]CCC(C)(C)C.[CH2-]CNC(=O)CC(C)(C)C.[CH2-]CNC(=O)CC(C)(C)C.[W+2].[W+2].[W+2].[W+2].[W+2].[W+2]. The van der Waals surface area contributed by atoms with Crippen LogP contribution in [-0.4, -0.2) is 120 Å². The van der Waals surface area contributed by atoms with Crippen LogP contribution in [0.5, 0.6) is 0 Å². The third kappa shape index (κ3) is 306. The summed E-state index contributed by atoms with van der Waals surface area (Å²) < 4.78 is 15.7. The minimum Gasteiger partial charge on any atom is -0.386 e. The van der Waals surface area contributed by atoms with Crippen LogP contribution in [0.3, 0.4) is 0 Å². The van der Waals surface area contributed by atoms with Crippen molar-refractivity contribution in [3.8, 4) is 0 Å². The molecule has 22 heteroatoms. The molecule has 0 aliphatic heterocycles. The van der Waals surface area contributed by atoms with E-state index < -0.39 is 0 Å². The number of ketones is 1. The third-order valence-electron chi connectivity index (χ3n) is 15.5. The molecular formula is C120H256N6O10W6. The van der Waals surface area contributed by atoms with Crippen molar-refractivity contribution in [1.82, 2.24) is 31.9 Å². The Morgan fingerprint density at radius 2 is 0.430 bits per heavy atom. The van der Waals surface area contributed by atoms with E-state index in [4.69, 9.17) is 14.2 Å². The van der Waals surface area contributed by atoms with Crippen molar-refractivity contribution in [3.63, 3.8) is 0 Å². The van der Waals surface area contributed by atoms with Gasteiger partial charge in [0.25, 0.3) is 0 Å². The molecule has 0 bridgehead atoms. The summed E-state index contributed by atoms with van der Waals surface area (Å²) in [5.41, 5.74) is 2.63. The van der Waals surface area contributed by atoms with Crippen LogP contribution in [0.2, 0.25) is 0 Å². The molecule has 0 rings (SSSR count). The first-order valence-electron chi connectivity index (χ1n) is 52.9. The van der Waals surface area contributed by atoms with Gasteiger partial charge in [0.05, 0.1) is 13.2 Å². The zero-order chi connectivity index (χ0) is 112. The minimum atomic E-state index is -0.193. The summed E-state index contributed by atoms with van der Waals surface area (Å²) >= 11 is 0. The van der Waals surface area contributed by atoms with Crippen LogP contribution in [0.25, 0.3) is 0 Å². The molecule has 0 unspecified atom stereocenters. The first-order valence-corrected chi connectivity index (χ1v) is 52.9. The van der Waals surface area contributed by atoms with Crippen molar-refractivity contribution in [1.29, 1.82) is 0 Å². The van der Waals surface area contributed by atoms with Crippen molar-refractivity contribution in [2.45, 2.75) is 519 Å². The predicted molar refractivity (Wildman–Crippen MR) is 615 cm³/mol. The van der Waals surface area contributed by atoms with Gasteiger partial charge in [-0.05, 0) is 94.2 Å². The van der Waals surface area contributed by atoms with Gasteiger partial charge in [-0.3, -0.25) is 28.8 Å². The van der Waals surface area contributed by atoms with Crippen molar-refractivity contribution < 1.29 is 174 Å². The van der Waals surface area contributed by atoms with Gasteiger partial charge in [-0.2, -0.15) is 59.3 Å². The summed E-state index contributed by atoms with van der Waals surface area (Å²) in [4.78, 5) is 77.9. The predicted octanol–water partition coefficient (Wildman–Crippen LogP) is 34.2. The molecule has 0 aliphatic carbocycles. The molecule has 0 aromatic heterocycles. The van der Waals surface area contributed by atoms with E-state index in [-0.39, 0.29) is 206 Å². The van der Waals surface area contributed by atoms with Gasteiger partial charge in [0.2, 0.25) is 35.4 Å². The summed E-state index contributed by atoms with van der Waals surface area (Å²) in [7, 11) is 0. The average Bonchev–Trinajstić information content (AvgIpc) is 0.913. The number of hydrogen-bond acceptors (Lipinski definition) is 10. The largest absolute Gasteiger partial charge is 2.00 e. The fourth-order valence-electron chi connectivity index (χ4n) is 8.45. The second kappa shape index (κ2) is 136. The van der Waals surface area contributed by atoms with E-state index in [0.29, 0.717) is 118 Å². The van der Waals surface area contributed by atoms with E-state index in [1.54, 1.807) is 20.8 Å². The Balaban J connectivity index is -0.0000000481. The Bertz CT molecular complexity index is 2250. The molecule has 142 heavy (non-hydrogen) atoms. The monoisotopic (exact) mass is 3050 g/mol. The van der Waals surface area contributed by atoms with E-state index in [2.05, 4.69) is 337 Å². The second-order valence-corrected chi connectivity index (χ2v) is 47.6. The van der Waals surface area contributed by atoms with Gasteiger partial charge < -0.3 is 134 Å². The van der Waals surface area contributed by atoms with Crippen LogP contribution in [0.15, 0.2) is 0 Å². The van der Waals surface area contributed by atoms with Crippen LogP contribution in [-0.2, 0) is 174 Å². The summed E-state index contributed by atoms with van der Waals surface area (Å²) in [6.07, 6.45) is 29.9. The molecule has 0 atom stereocenters. The molecule has 0 radical (unpaired) electrons. The molecular weight excluding hydrogens is 2790 g/mol. The Morgan fingerprint density at radius 1 is 0.225 bits per heavy atom. The normalized spacial score (nSPS) is 10.4. The number of carbonyl (C=O) groups excluding carboxylic acids is 7. The molecule has 862 valence electrons. The smallest absolute Gasteiger partial charge is 0.386 e. The number of carbonyl (C=O) groups is 7. The van der Waals surface area contributed by atoms with E-state index in [1.807, 2.05) is 90.0 Å². The van der Waals surface area contributed by atoms with E-state index >= 15 is 0 Å². The fourth-order valence-corrected chi connectivity index (χ4v) is 8.45. The molecule has 16 nitrogen and oxygen atoms in total. The van der Waals surface area contributed by atoms with Gasteiger partial charge in [-0.25, -0.2) is 0 Å². The van der Waals surface area contributed by atoms with Crippen molar-refractivity contribution in [2.24, 2.45) is 65.0 Å². The number of unbranched alkanes of at least 4 members (excludes halogenated alkanes) is 8. The molecule has 0 spiro atoms. The maximum absolute atomic E-state index is 11.4. The maximum atomic E-state index is 11.4. The Hall–Kier alpha value is 0.500. The van der Waals surface area contributed by atoms with Gasteiger partial charge in [0.15, 0.2) is 0 Å². The first-order chi connectivity index (χ1) is 61.8. The Morgan fingerprint density at radius 3 is 0.599 bits per heavy atom. The van der Waals surface area contributed by atoms with Crippen LogP contribution in [0.4, 0.5) is 0 Å². The van der Waals surface area contributed by atoms with Gasteiger partial charge >= 0.3 is 126 Å². The molecule has 0 aliphatic rings. The first kappa shape index (κ1) is 203. The van der Waals surface area contributed by atoms with Crippen LogP contribution >= 0.6 is 0 Å².